The highest BCUT2D eigenvalue weighted by molar-refractivity contribution is 6.00. The number of nitrogens with zero attached hydrogens (tertiary/aromatic N) is 5. The third kappa shape index (κ3) is 5.41. The Morgan fingerprint density at radius 1 is 0.842 bits per heavy atom. The Balaban J connectivity index is 1.43. The van der Waals surface area contributed by atoms with E-state index in [1.807, 2.05) is 63.2 Å². The Morgan fingerprint density at radius 2 is 1.50 bits per heavy atom. The fourth-order valence-corrected chi connectivity index (χ4v) is 3.90. The number of hydrogen-bond donors (Lipinski definition) is 4. The first-order chi connectivity index (χ1) is 18.4. The van der Waals surface area contributed by atoms with Gasteiger partial charge in [-0.05, 0) is 62.2 Å². The van der Waals surface area contributed by atoms with E-state index in [0.717, 1.165) is 33.4 Å². The van der Waals surface area contributed by atoms with Crippen molar-refractivity contribution < 1.29 is 4.92 Å². The molecule has 11 heteroatoms. The molecule has 0 saturated carbocycles. The minimum atomic E-state index is -0.451. The average molecular weight is 508 g/mol. The van der Waals surface area contributed by atoms with E-state index in [1.165, 1.54) is 17.7 Å². The van der Waals surface area contributed by atoms with Crippen LogP contribution in [0.2, 0.25) is 0 Å². The first kappa shape index (κ1) is 24.4. The van der Waals surface area contributed by atoms with Gasteiger partial charge in [-0.1, -0.05) is 24.3 Å². The molecule has 38 heavy (non-hydrogen) atoms. The summed E-state index contributed by atoms with van der Waals surface area (Å²) in [6.45, 7) is 6.07. The molecule has 3 aromatic carbocycles. The largest absolute Gasteiger partial charge is 0.358 e. The van der Waals surface area contributed by atoms with E-state index in [0.29, 0.717) is 11.6 Å². The van der Waals surface area contributed by atoms with Gasteiger partial charge in [0.25, 0.3) is 5.69 Å². The molecular formula is C27H25N9O2. The Morgan fingerprint density at radius 3 is 2.21 bits per heavy atom. The summed E-state index contributed by atoms with van der Waals surface area (Å²) in [7, 11) is 0. The molecule has 0 saturated heterocycles. The first-order valence-electron chi connectivity index (χ1n) is 11.8. The number of fused-ring (bicyclic) bond motifs is 1. The van der Waals surface area contributed by atoms with E-state index in [4.69, 9.17) is 0 Å². The Bertz CT molecular complexity index is 1660. The number of nitro groups is 1. The number of para-hydroxylation sites is 1. The second kappa shape index (κ2) is 10.3. The van der Waals surface area contributed by atoms with E-state index >= 15 is 0 Å². The summed E-state index contributed by atoms with van der Waals surface area (Å²) in [4.78, 5) is 27.2. The van der Waals surface area contributed by atoms with Crippen LogP contribution in [-0.4, -0.2) is 31.1 Å². The highest BCUT2D eigenvalue weighted by Crippen LogP contribution is 2.23. The molecule has 2 heterocycles. The number of anilines is 5. The molecule has 0 radical (unpaired) electrons. The second-order valence-electron chi connectivity index (χ2n) is 8.74. The van der Waals surface area contributed by atoms with Crippen molar-refractivity contribution in [1.82, 2.24) is 19.9 Å². The highest BCUT2D eigenvalue weighted by atomic mass is 16.6. The lowest BCUT2D eigenvalue weighted by atomic mass is 10.1. The van der Waals surface area contributed by atoms with E-state index < -0.39 is 4.92 Å². The van der Waals surface area contributed by atoms with Gasteiger partial charge < -0.3 is 15.6 Å². The molecule has 4 N–H and O–H groups in total. The van der Waals surface area contributed by atoms with Crippen LogP contribution in [0.1, 0.15) is 22.4 Å². The predicted octanol–water partition coefficient (Wildman–Crippen LogP) is 6.12. The van der Waals surface area contributed by atoms with Crippen molar-refractivity contribution in [1.29, 1.82) is 0 Å². The van der Waals surface area contributed by atoms with Gasteiger partial charge in [0.2, 0.25) is 17.8 Å². The number of rotatable bonds is 8. The zero-order valence-electron chi connectivity index (χ0n) is 21.0. The summed E-state index contributed by atoms with van der Waals surface area (Å²) in [6, 6.07) is 20.0. The maximum Gasteiger partial charge on any atom is 0.269 e. The molecule has 0 atom stereocenters. The predicted molar refractivity (Wildman–Crippen MR) is 150 cm³/mol. The molecule has 0 fully saturated rings. The topological polar surface area (TPSA) is 146 Å². The number of nitro benzene ring substituents is 1. The number of benzene rings is 3. The van der Waals surface area contributed by atoms with Crippen LogP contribution < -0.4 is 16.1 Å². The lowest BCUT2D eigenvalue weighted by molar-refractivity contribution is -0.384. The standard InChI is InChI=1S/C27H25N9O2/c1-16-8-9-20(14-17(16)2)31-26-32-25(30-19-10-12-21(13-11-19)36(37)38)33-27(34-26)35-28-15-23-18(3)29-24-7-5-4-6-22(23)24/h4-15,29H,1-3H3,(H3,30,31,32,33,34,35). The van der Waals surface area contributed by atoms with Crippen LogP contribution in [0.4, 0.5) is 34.9 Å². The number of aromatic amines is 1. The molecule has 0 aliphatic carbocycles. The van der Waals surface area contributed by atoms with Crippen LogP contribution in [0.25, 0.3) is 10.9 Å². The molecule has 5 aromatic rings. The fraction of sp³-hybridized carbons (Fsp3) is 0.111. The molecule has 0 aliphatic rings. The maximum absolute atomic E-state index is 11.0. The summed E-state index contributed by atoms with van der Waals surface area (Å²) in [5.41, 5.74) is 9.58. The molecule has 0 bridgehead atoms. The molecule has 5 rings (SSSR count). The summed E-state index contributed by atoms with van der Waals surface area (Å²) in [6.07, 6.45) is 1.72. The number of aromatic nitrogens is 4. The molecule has 2 aromatic heterocycles. The van der Waals surface area contributed by atoms with E-state index in [9.17, 15) is 10.1 Å². The molecule has 0 amide bonds. The van der Waals surface area contributed by atoms with Gasteiger partial charge in [0.15, 0.2) is 0 Å². The van der Waals surface area contributed by atoms with E-state index in [-0.39, 0.29) is 17.6 Å². The summed E-state index contributed by atoms with van der Waals surface area (Å²) in [5.74, 6) is 0.749. The average Bonchev–Trinajstić information content (AvgIpc) is 3.21. The normalized spacial score (nSPS) is 11.1. The van der Waals surface area contributed by atoms with Crippen LogP contribution in [0.5, 0.6) is 0 Å². The van der Waals surface area contributed by atoms with Gasteiger partial charge in [0, 0.05) is 45.7 Å². The maximum atomic E-state index is 11.0. The number of hydrazone groups is 1. The van der Waals surface area contributed by atoms with Crippen molar-refractivity contribution in [3.05, 3.63) is 99.2 Å². The molecule has 0 aliphatic heterocycles. The van der Waals surface area contributed by atoms with Crippen LogP contribution in [0.3, 0.4) is 0 Å². The smallest absolute Gasteiger partial charge is 0.269 e. The highest BCUT2D eigenvalue weighted by Gasteiger charge is 2.10. The number of aryl methyl sites for hydroxylation is 3. The Hall–Kier alpha value is -5.32. The second-order valence-corrected chi connectivity index (χ2v) is 8.74. The minimum Gasteiger partial charge on any atom is -0.358 e. The number of non-ortho nitro benzene ring substituents is 1. The Kier molecular flexibility index (Phi) is 6.64. The van der Waals surface area contributed by atoms with Gasteiger partial charge in [-0.15, -0.1) is 0 Å². The van der Waals surface area contributed by atoms with Crippen LogP contribution in [-0.2, 0) is 0 Å². The number of H-pyrrole nitrogens is 1. The molecule has 0 spiro atoms. The minimum absolute atomic E-state index is 0.00689. The van der Waals surface area contributed by atoms with E-state index in [2.05, 4.69) is 41.1 Å². The van der Waals surface area contributed by atoms with Gasteiger partial charge >= 0.3 is 0 Å². The van der Waals surface area contributed by atoms with Gasteiger partial charge in [-0.2, -0.15) is 20.1 Å². The lowest BCUT2D eigenvalue weighted by Crippen LogP contribution is -2.07. The van der Waals surface area contributed by atoms with Gasteiger partial charge in [-0.25, -0.2) is 5.43 Å². The molecule has 190 valence electrons. The van der Waals surface area contributed by atoms with Crippen molar-refractivity contribution in [2.75, 3.05) is 16.1 Å². The monoisotopic (exact) mass is 507 g/mol. The van der Waals surface area contributed by atoms with E-state index in [1.54, 1.807) is 18.3 Å². The zero-order chi connectivity index (χ0) is 26.6. The lowest BCUT2D eigenvalue weighted by Gasteiger charge is -2.11. The summed E-state index contributed by atoms with van der Waals surface area (Å²) < 4.78 is 0. The molecule has 0 unspecified atom stereocenters. The van der Waals surface area contributed by atoms with Gasteiger partial charge in [-0.3, -0.25) is 10.1 Å². The first-order valence-corrected chi connectivity index (χ1v) is 11.8. The molecule has 11 nitrogen and oxygen atoms in total. The van der Waals surface area contributed by atoms with Crippen molar-refractivity contribution >= 4 is 52.0 Å². The summed E-state index contributed by atoms with van der Waals surface area (Å²) in [5, 5.41) is 22.7. The molecular weight excluding hydrogens is 482 g/mol. The van der Waals surface area contributed by atoms with Crippen LogP contribution >= 0.6 is 0 Å². The SMILES string of the molecule is Cc1ccc(Nc2nc(NN=Cc3c(C)[nH]c4ccccc34)nc(Nc3ccc([N+](=O)[O-])cc3)n2)cc1C. The fourth-order valence-electron chi connectivity index (χ4n) is 3.90. The van der Waals surface area contributed by atoms with Crippen molar-refractivity contribution in [2.24, 2.45) is 5.10 Å². The van der Waals surface area contributed by atoms with Crippen molar-refractivity contribution in [3.8, 4) is 0 Å². The van der Waals surface area contributed by atoms with Crippen LogP contribution in [0, 0.1) is 30.9 Å². The Labute approximate surface area is 218 Å². The van der Waals surface area contributed by atoms with Crippen molar-refractivity contribution in [2.45, 2.75) is 20.8 Å². The van der Waals surface area contributed by atoms with Gasteiger partial charge in [0.05, 0.1) is 11.1 Å². The number of hydrogen-bond acceptors (Lipinski definition) is 9. The van der Waals surface area contributed by atoms with Crippen molar-refractivity contribution in [3.63, 3.8) is 0 Å². The zero-order valence-corrected chi connectivity index (χ0v) is 21.0. The van der Waals surface area contributed by atoms with Crippen LogP contribution in [0.15, 0.2) is 71.8 Å². The number of nitrogens with one attached hydrogen (secondary N) is 4. The third-order valence-electron chi connectivity index (χ3n) is 6.03. The van der Waals surface area contributed by atoms with Gasteiger partial charge in [0.1, 0.15) is 0 Å². The quantitative estimate of drug-likeness (QED) is 0.112. The summed E-state index contributed by atoms with van der Waals surface area (Å²) >= 11 is 0. The third-order valence-corrected chi connectivity index (χ3v) is 6.03.